The highest BCUT2D eigenvalue weighted by Gasteiger charge is 2.24. The van der Waals surface area contributed by atoms with E-state index in [0.29, 0.717) is 11.7 Å². The second-order valence-corrected chi connectivity index (χ2v) is 6.89. The van der Waals surface area contributed by atoms with Gasteiger partial charge in [-0.25, -0.2) is 0 Å². The highest BCUT2D eigenvalue weighted by Crippen LogP contribution is 2.29. The third-order valence-corrected chi connectivity index (χ3v) is 5.04. The quantitative estimate of drug-likeness (QED) is 0.791. The minimum absolute atomic E-state index is 0.136. The van der Waals surface area contributed by atoms with Crippen molar-refractivity contribution in [1.29, 1.82) is 0 Å². The molecule has 2 aromatic rings. The van der Waals surface area contributed by atoms with Crippen LogP contribution < -0.4 is 4.90 Å². The Balaban J connectivity index is 1.69. The smallest absolute Gasteiger partial charge is 0.237 e. The van der Waals surface area contributed by atoms with Gasteiger partial charge >= 0.3 is 0 Å². The van der Waals surface area contributed by atoms with Crippen LogP contribution >= 0.6 is 11.8 Å². The van der Waals surface area contributed by atoms with Gasteiger partial charge in [0.25, 0.3) is 0 Å². The molecule has 3 rings (SSSR count). The Labute approximate surface area is 141 Å². The van der Waals surface area contributed by atoms with Crippen molar-refractivity contribution in [3.63, 3.8) is 0 Å². The average molecular weight is 330 g/mol. The van der Waals surface area contributed by atoms with Crippen molar-refractivity contribution >= 4 is 23.4 Å². The fraction of sp³-hybridized carbons (Fsp3) is 0.471. The van der Waals surface area contributed by atoms with Gasteiger partial charge in [0.15, 0.2) is 5.16 Å². The molecule has 0 spiro atoms. The fourth-order valence-electron chi connectivity index (χ4n) is 2.93. The van der Waals surface area contributed by atoms with Gasteiger partial charge in [0.05, 0.1) is 5.75 Å². The lowest BCUT2D eigenvalue weighted by atomic mass is 10.2. The number of benzene rings is 1. The first-order chi connectivity index (χ1) is 11.1. The van der Waals surface area contributed by atoms with E-state index in [0.717, 1.165) is 36.2 Å². The zero-order chi connectivity index (χ0) is 16.4. The summed E-state index contributed by atoms with van der Waals surface area (Å²) in [5.74, 6) is 1.84. The van der Waals surface area contributed by atoms with Gasteiger partial charge in [-0.15, -0.1) is 10.2 Å². The average Bonchev–Trinajstić information content (AvgIpc) is 3.16. The molecule has 0 atom stereocenters. The number of thioether (sulfide) groups is 1. The number of aromatic nitrogens is 3. The number of rotatable bonds is 5. The van der Waals surface area contributed by atoms with E-state index < -0.39 is 0 Å². The molecule has 0 saturated heterocycles. The van der Waals surface area contributed by atoms with Gasteiger partial charge in [0.1, 0.15) is 5.82 Å². The van der Waals surface area contributed by atoms with Gasteiger partial charge in [-0.1, -0.05) is 43.8 Å². The number of carbonyl (C=O) groups is 1. The highest BCUT2D eigenvalue weighted by atomic mass is 32.2. The van der Waals surface area contributed by atoms with Crippen molar-refractivity contribution in [2.24, 2.45) is 0 Å². The maximum absolute atomic E-state index is 12.6. The summed E-state index contributed by atoms with van der Waals surface area (Å²) in [6, 6.07) is 8.13. The summed E-state index contributed by atoms with van der Waals surface area (Å²) in [6.45, 7) is 7.89. The van der Waals surface area contributed by atoms with E-state index in [1.165, 1.54) is 17.3 Å². The van der Waals surface area contributed by atoms with E-state index in [-0.39, 0.29) is 5.91 Å². The van der Waals surface area contributed by atoms with Crippen LogP contribution in [0, 0.1) is 0 Å². The predicted molar refractivity (Wildman–Crippen MR) is 93.0 cm³/mol. The molecule has 0 radical (unpaired) electrons. The van der Waals surface area contributed by atoms with Crippen molar-refractivity contribution in [2.75, 3.05) is 17.2 Å². The Kier molecular flexibility index (Phi) is 4.71. The lowest BCUT2D eigenvalue weighted by Gasteiger charge is -2.17. The van der Waals surface area contributed by atoms with E-state index in [9.17, 15) is 4.79 Å². The van der Waals surface area contributed by atoms with Crippen LogP contribution in [0.2, 0.25) is 0 Å². The molecule has 23 heavy (non-hydrogen) atoms. The second-order valence-electron chi connectivity index (χ2n) is 5.95. The maximum atomic E-state index is 12.6. The van der Waals surface area contributed by atoms with Crippen LogP contribution in [0.5, 0.6) is 0 Å². The largest absolute Gasteiger partial charge is 0.311 e. The summed E-state index contributed by atoms with van der Waals surface area (Å²) in [4.78, 5) is 14.5. The molecule has 6 heteroatoms. The van der Waals surface area contributed by atoms with Crippen LogP contribution in [0.4, 0.5) is 5.69 Å². The molecule has 0 aliphatic carbocycles. The molecular weight excluding hydrogens is 308 g/mol. The van der Waals surface area contributed by atoms with E-state index >= 15 is 0 Å². The number of amides is 1. The van der Waals surface area contributed by atoms with Crippen molar-refractivity contribution < 1.29 is 4.79 Å². The molecule has 1 aromatic carbocycles. The SMILES string of the molecule is CCn1c(SCC(=O)N2CCc3ccccc32)nnc1C(C)C. The molecule has 122 valence electrons. The van der Waals surface area contributed by atoms with E-state index in [2.05, 4.69) is 41.6 Å². The summed E-state index contributed by atoms with van der Waals surface area (Å²) in [6.07, 6.45) is 0.940. The lowest BCUT2D eigenvalue weighted by Crippen LogP contribution is -2.30. The zero-order valence-electron chi connectivity index (χ0n) is 13.8. The Morgan fingerprint density at radius 2 is 2.09 bits per heavy atom. The van der Waals surface area contributed by atoms with Crippen LogP contribution in [0.3, 0.4) is 0 Å². The third-order valence-electron chi connectivity index (χ3n) is 4.09. The Morgan fingerprint density at radius 1 is 1.30 bits per heavy atom. The summed E-state index contributed by atoms with van der Waals surface area (Å²) in [5, 5.41) is 9.35. The monoisotopic (exact) mass is 330 g/mol. The molecule has 1 aromatic heterocycles. The first-order valence-electron chi connectivity index (χ1n) is 8.06. The van der Waals surface area contributed by atoms with Crippen molar-refractivity contribution in [3.8, 4) is 0 Å². The van der Waals surface area contributed by atoms with E-state index in [1.54, 1.807) is 0 Å². The van der Waals surface area contributed by atoms with Gasteiger partial charge in [0.2, 0.25) is 5.91 Å². The third kappa shape index (κ3) is 3.13. The summed E-state index contributed by atoms with van der Waals surface area (Å²) in [7, 11) is 0. The minimum atomic E-state index is 0.136. The number of nitrogens with zero attached hydrogens (tertiary/aromatic N) is 4. The second kappa shape index (κ2) is 6.74. The molecule has 1 amide bonds. The van der Waals surface area contributed by atoms with Crippen LogP contribution in [0.1, 0.15) is 38.1 Å². The number of hydrogen-bond donors (Lipinski definition) is 0. The lowest BCUT2D eigenvalue weighted by molar-refractivity contribution is -0.116. The topological polar surface area (TPSA) is 51.0 Å². The molecule has 0 fully saturated rings. The molecule has 0 bridgehead atoms. The van der Waals surface area contributed by atoms with Gasteiger partial charge in [-0.3, -0.25) is 4.79 Å². The molecular formula is C17H22N4OS. The summed E-state index contributed by atoms with van der Waals surface area (Å²) in [5.41, 5.74) is 2.31. The van der Waals surface area contributed by atoms with Crippen molar-refractivity contribution in [2.45, 2.75) is 44.8 Å². The van der Waals surface area contributed by atoms with Crippen molar-refractivity contribution in [1.82, 2.24) is 14.8 Å². The van der Waals surface area contributed by atoms with Gasteiger partial charge in [0, 0.05) is 24.7 Å². The Morgan fingerprint density at radius 3 is 2.83 bits per heavy atom. The molecule has 0 saturated carbocycles. The number of para-hydroxylation sites is 1. The summed E-state index contributed by atoms with van der Waals surface area (Å²) >= 11 is 1.48. The Hall–Kier alpha value is -1.82. The van der Waals surface area contributed by atoms with Gasteiger partial charge in [-0.2, -0.15) is 0 Å². The van der Waals surface area contributed by atoms with Crippen LogP contribution in [-0.2, 0) is 17.8 Å². The highest BCUT2D eigenvalue weighted by molar-refractivity contribution is 7.99. The number of carbonyl (C=O) groups excluding carboxylic acids is 1. The van der Waals surface area contributed by atoms with E-state index in [4.69, 9.17) is 0 Å². The van der Waals surface area contributed by atoms with Crippen LogP contribution in [-0.4, -0.2) is 33.0 Å². The molecule has 0 N–H and O–H groups in total. The maximum Gasteiger partial charge on any atom is 0.237 e. The first-order valence-corrected chi connectivity index (χ1v) is 9.04. The molecule has 0 unspecified atom stereocenters. The molecule has 1 aliphatic rings. The van der Waals surface area contributed by atoms with E-state index in [1.807, 2.05) is 23.1 Å². The van der Waals surface area contributed by atoms with Crippen LogP contribution in [0.15, 0.2) is 29.4 Å². The predicted octanol–water partition coefficient (Wildman–Crippen LogP) is 3.10. The van der Waals surface area contributed by atoms with Crippen molar-refractivity contribution in [3.05, 3.63) is 35.7 Å². The number of fused-ring (bicyclic) bond motifs is 1. The minimum Gasteiger partial charge on any atom is -0.311 e. The fourth-order valence-corrected chi connectivity index (χ4v) is 3.82. The van der Waals surface area contributed by atoms with Gasteiger partial charge < -0.3 is 9.47 Å². The first kappa shape index (κ1) is 16.1. The number of anilines is 1. The molecule has 1 aliphatic heterocycles. The standard InChI is InChI=1S/C17H22N4OS/c1-4-20-16(12(2)3)18-19-17(20)23-11-15(22)21-10-9-13-7-5-6-8-14(13)21/h5-8,12H,4,9-11H2,1-3H3. The van der Waals surface area contributed by atoms with Gasteiger partial charge in [-0.05, 0) is 25.0 Å². The Bertz CT molecular complexity index is 710. The normalized spacial score (nSPS) is 13.7. The summed E-state index contributed by atoms with van der Waals surface area (Å²) < 4.78 is 2.10. The molecule has 2 heterocycles. The zero-order valence-corrected chi connectivity index (χ0v) is 14.6. The van der Waals surface area contributed by atoms with Crippen LogP contribution in [0.25, 0.3) is 0 Å². The number of hydrogen-bond acceptors (Lipinski definition) is 4. The molecule has 5 nitrogen and oxygen atoms in total.